The number of carbonyl (C=O) groups is 1. The van der Waals surface area contributed by atoms with Crippen molar-refractivity contribution in [3.63, 3.8) is 0 Å². The third-order valence-corrected chi connectivity index (χ3v) is 9.79. The summed E-state index contributed by atoms with van der Waals surface area (Å²) in [6.45, 7) is 1.99. The zero-order valence-corrected chi connectivity index (χ0v) is 19.4. The summed E-state index contributed by atoms with van der Waals surface area (Å²) in [5.41, 5.74) is 1.72. The van der Waals surface area contributed by atoms with Crippen LogP contribution in [0.4, 0.5) is 0 Å². The predicted molar refractivity (Wildman–Crippen MR) is 125 cm³/mol. The van der Waals surface area contributed by atoms with E-state index in [-0.39, 0.29) is 29.8 Å². The first kappa shape index (κ1) is 20.3. The van der Waals surface area contributed by atoms with E-state index in [1.54, 1.807) is 17.4 Å². The van der Waals surface area contributed by atoms with Crippen LogP contribution in [0.5, 0.6) is 11.5 Å². The summed E-state index contributed by atoms with van der Waals surface area (Å²) in [5.74, 6) is 1.43. The van der Waals surface area contributed by atoms with Crippen molar-refractivity contribution in [1.82, 2.24) is 10.2 Å². The highest BCUT2D eigenvalue weighted by molar-refractivity contribution is 7.08. The van der Waals surface area contributed by atoms with E-state index in [9.17, 15) is 15.0 Å². The van der Waals surface area contributed by atoms with E-state index in [1.807, 2.05) is 22.9 Å². The van der Waals surface area contributed by atoms with Crippen LogP contribution in [0.3, 0.4) is 0 Å². The molecule has 2 saturated carbocycles. The molecule has 3 fully saturated rings. The highest BCUT2D eigenvalue weighted by Gasteiger charge is 2.73. The van der Waals surface area contributed by atoms with Crippen molar-refractivity contribution in [3.05, 3.63) is 45.6 Å². The van der Waals surface area contributed by atoms with Crippen molar-refractivity contribution >= 4 is 17.2 Å². The summed E-state index contributed by atoms with van der Waals surface area (Å²) in [5, 5.41) is 30.4. The van der Waals surface area contributed by atoms with E-state index < -0.39 is 11.0 Å². The number of aliphatic hydroxyl groups is 1. The number of aromatic hydroxyl groups is 1. The minimum absolute atomic E-state index is 0.0113. The van der Waals surface area contributed by atoms with Crippen LogP contribution in [0.25, 0.3) is 0 Å². The van der Waals surface area contributed by atoms with Crippen molar-refractivity contribution < 1.29 is 19.7 Å². The Morgan fingerprint density at radius 3 is 2.91 bits per heavy atom. The second-order valence-electron chi connectivity index (χ2n) is 10.8. The number of carbonyl (C=O) groups excluding carboxylic acids is 1. The number of hydrogen-bond acceptors (Lipinski definition) is 6. The Morgan fingerprint density at radius 1 is 1.24 bits per heavy atom. The topological polar surface area (TPSA) is 82.0 Å². The predicted octanol–water partition coefficient (Wildman–Crippen LogP) is 2.75. The summed E-state index contributed by atoms with van der Waals surface area (Å²) in [4.78, 5) is 15.4. The van der Waals surface area contributed by atoms with Crippen LogP contribution in [0.2, 0.25) is 0 Å². The molecule has 2 aromatic rings. The minimum atomic E-state index is -0.911. The number of phenolic OH excluding ortho intramolecular Hbond substituents is 1. The minimum Gasteiger partial charge on any atom is -0.504 e. The standard InChI is InChI=1S/C26H30N2O4S/c29-19-4-3-17-12-20-26(31)7-5-18(27-21(30)11-16-6-10-33-14-16)24-25(26,22(17)23(19)32-24)8-9-28(20)13-15-1-2-15/h3-4,6,10,14-15,18,20,24,29,31H,1-2,5,7-9,11-13H2,(H,27,30)/t18-,20+,24-,25-,26+/m0/s1. The average molecular weight is 467 g/mol. The lowest BCUT2D eigenvalue weighted by Gasteiger charge is -2.64. The third kappa shape index (κ3) is 2.76. The fraction of sp³-hybridized carbons (Fsp3) is 0.577. The van der Waals surface area contributed by atoms with Gasteiger partial charge in [-0.1, -0.05) is 6.07 Å². The van der Waals surface area contributed by atoms with Crippen molar-refractivity contribution in [2.45, 2.75) is 74.1 Å². The van der Waals surface area contributed by atoms with E-state index in [4.69, 9.17) is 4.74 Å². The number of phenols is 1. The molecule has 0 radical (unpaired) electrons. The number of likely N-dealkylation sites (tertiary alicyclic amines) is 1. The Hall–Kier alpha value is -2.09. The van der Waals surface area contributed by atoms with E-state index in [0.717, 1.165) is 43.0 Å². The number of hydrogen-bond donors (Lipinski definition) is 3. The van der Waals surface area contributed by atoms with Gasteiger partial charge in [-0.3, -0.25) is 9.69 Å². The van der Waals surface area contributed by atoms with Crippen molar-refractivity contribution in [1.29, 1.82) is 0 Å². The average Bonchev–Trinajstić information content (AvgIpc) is 3.31. The maximum Gasteiger partial charge on any atom is 0.224 e. The van der Waals surface area contributed by atoms with E-state index in [2.05, 4.69) is 10.2 Å². The van der Waals surface area contributed by atoms with Gasteiger partial charge in [0.1, 0.15) is 6.10 Å². The lowest BCUT2D eigenvalue weighted by molar-refractivity contribution is -0.192. The Balaban J connectivity index is 1.27. The van der Waals surface area contributed by atoms with Crippen molar-refractivity contribution in [2.24, 2.45) is 5.92 Å². The summed E-state index contributed by atoms with van der Waals surface area (Å²) in [7, 11) is 0. The van der Waals surface area contributed by atoms with Gasteiger partial charge in [-0.25, -0.2) is 0 Å². The number of nitrogens with zero attached hydrogens (tertiary/aromatic N) is 1. The molecule has 1 aromatic carbocycles. The smallest absolute Gasteiger partial charge is 0.224 e. The van der Waals surface area contributed by atoms with Crippen LogP contribution in [-0.4, -0.2) is 57.9 Å². The molecule has 1 saturated heterocycles. The molecular formula is C26H30N2O4S. The number of piperidine rings is 1. The zero-order valence-electron chi connectivity index (χ0n) is 18.6. The third-order valence-electron chi connectivity index (χ3n) is 9.05. The summed E-state index contributed by atoms with van der Waals surface area (Å²) in [6, 6.07) is 5.61. The molecule has 2 aliphatic heterocycles. The van der Waals surface area contributed by atoms with Gasteiger partial charge in [0.05, 0.1) is 23.5 Å². The molecular weight excluding hydrogens is 436 g/mol. The fourth-order valence-corrected chi connectivity index (χ4v) is 8.13. The fourth-order valence-electron chi connectivity index (χ4n) is 7.47. The largest absolute Gasteiger partial charge is 0.504 e. The highest BCUT2D eigenvalue weighted by atomic mass is 32.1. The Bertz CT molecular complexity index is 1120. The summed E-state index contributed by atoms with van der Waals surface area (Å²) >= 11 is 1.59. The SMILES string of the molecule is O=C(Cc1ccsc1)N[C@H]1CC[C@@]2(O)[C@H]3Cc4ccc(O)c5c4[C@@]2(CCN3CC2CC2)[C@H]1O5. The number of rotatable bonds is 5. The molecule has 3 heterocycles. The van der Waals surface area contributed by atoms with Crippen LogP contribution in [0.15, 0.2) is 29.0 Å². The molecule has 0 unspecified atom stereocenters. The Morgan fingerprint density at radius 2 is 2.12 bits per heavy atom. The maximum absolute atomic E-state index is 12.9. The summed E-state index contributed by atoms with van der Waals surface area (Å²) < 4.78 is 6.51. The second-order valence-corrected chi connectivity index (χ2v) is 11.6. The maximum atomic E-state index is 12.9. The zero-order chi connectivity index (χ0) is 22.4. The normalized spacial score (nSPS) is 36.2. The lowest BCUT2D eigenvalue weighted by atomic mass is 9.48. The van der Waals surface area contributed by atoms with Crippen LogP contribution in [-0.2, 0) is 23.1 Å². The van der Waals surface area contributed by atoms with Gasteiger partial charge in [0.15, 0.2) is 11.5 Å². The molecule has 5 aliphatic rings. The van der Waals surface area contributed by atoms with Crippen LogP contribution >= 0.6 is 11.3 Å². The van der Waals surface area contributed by atoms with Crippen molar-refractivity contribution in [3.8, 4) is 11.5 Å². The van der Waals surface area contributed by atoms with Gasteiger partial charge in [0, 0.05) is 18.2 Å². The van der Waals surface area contributed by atoms with Gasteiger partial charge < -0.3 is 20.3 Å². The summed E-state index contributed by atoms with van der Waals surface area (Å²) in [6.07, 6.45) is 5.47. The molecule has 1 amide bonds. The Labute approximate surface area is 197 Å². The van der Waals surface area contributed by atoms with Gasteiger partial charge in [0.25, 0.3) is 0 Å². The van der Waals surface area contributed by atoms with Gasteiger partial charge in [-0.15, -0.1) is 0 Å². The van der Waals surface area contributed by atoms with E-state index in [1.165, 1.54) is 18.4 Å². The molecule has 1 aromatic heterocycles. The van der Waals surface area contributed by atoms with Gasteiger partial charge in [0.2, 0.25) is 5.91 Å². The van der Waals surface area contributed by atoms with Crippen LogP contribution in [0.1, 0.15) is 48.8 Å². The number of thiophene rings is 1. The number of benzene rings is 1. The lowest BCUT2D eigenvalue weighted by Crippen LogP contribution is -2.78. The highest BCUT2D eigenvalue weighted by Crippen LogP contribution is 2.65. The van der Waals surface area contributed by atoms with E-state index >= 15 is 0 Å². The van der Waals surface area contributed by atoms with Gasteiger partial charge in [-0.05, 0) is 85.0 Å². The molecule has 7 heteroatoms. The quantitative estimate of drug-likeness (QED) is 0.631. The van der Waals surface area contributed by atoms with Gasteiger partial charge in [-0.2, -0.15) is 11.3 Å². The van der Waals surface area contributed by atoms with E-state index in [0.29, 0.717) is 25.0 Å². The first-order valence-corrected chi connectivity index (χ1v) is 13.2. The number of ether oxygens (including phenoxy) is 1. The molecule has 2 bridgehead atoms. The monoisotopic (exact) mass is 466 g/mol. The van der Waals surface area contributed by atoms with Crippen molar-refractivity contribution in [2.75, 3.05) is 13.1 Å². The van der Waals surface area contributed by atoms with Gasteiger partial charge >= 0.3 is 0 Å². The second kappa shape index (κ2) is 6.96. The first-order valence-electron chi connectivity index (χ1n) is 12.3. The molecule has 6 nitrogen and oxygen atoms in total. The molecule has 3 aliphatic carbocycles. The first-order chi connectivity index (χ1) is 16.0. The molecule has 174 valence electrons. The Kier molecular flexibility index (Phi) is 4.28. The number of nitrogens with one attached hydrogen (secondary N) is 1. The van der Waals surface area contributed by atoms with Crippen LogP contribution < -0.4 is 10.1 Å². The molecule has 3 N–H and O–H groups in total. The molecule has 1 spiro atoms. The molecule has 7 rings (SSSR count). The molecule has 5 atom stereocenters. The van der Waals surface area contributed by atoms with Crippen LogP contribution in [0, 0.1) is 5.92 Å². The molecule has 33 heavy (non-hydrogen) atoms. The number of amides is 1.